The summed E-state index contributed by atoms with van der Waals surface area (Å²) in [4.78, 5) is 8.18. The van der Waals surface area contributed by atoms with Gasteiger partial charge < -0.3 is 4.74 Å². The van der Waals surface area contributed by atoms with Crippen LogP contribution in [0.15, 0.2) is 12.4 Å². The van der Waals surface area contributed by atoms with Crippen molar-refractivity contribution < 1.29 is 13.2 Å². The van der Waals surface area contributed by atoms with Gasteiger partial charge in [-0.3, -0.25) is 9.29 Å². The molecule has 0 saturated heterocycles. The maximum atomic E-state index is 13.0. The fraction of sp³-hybridized carbons (Fsp3) is 0.647. The van der Waals surface area contributed by atoms with Crippen molar-refractivity contribution in [1.29, 1.82) is 0 Å². The van der Waals surface area contributed by atoms with Crippen molar-refractivity contribution in [3.05, 3.63) is 29.1 Å². The van der Waals surface area contributed by atoms with Crippen molar-refractivity contribution in [2.75, 3.05) is 11.8 Å². The first-order valence-electron chi connectivity index (χ1n) is 9.21. The zero-order chi connectivity index (χ0) is 20.5. The van der Waals surface area contributed by atoms with E-state index < -0.39 is 21.4 Å². The van der Waals surface area contributed by atoms with Crippen LogP contribution in [0.1, 0.15) is 69.7 Å². The van der Waals surface area contributed by atoms with E-state index >= 15 is 0 Å². The van der Waals surface area contributed by atoms with E-state index in [-0.39, 0.29) is 17.8 Å². The van der Waals surface area contributed by atoms with Crippen LogP contribution in [0.5, 0.6) is 0 Å². The Labute approximate surface area is 169 Å². The Bertz CT molecular complexity index is 911. The lowest BCUT2D eigenvalue weighted by molar-refractivity contribution is 0.0950. The Morgan fingerprint density at radius 1 is 1.21 bits per heavy atom. The first-order valence-corrected chi connectivity index (χ1v) is 11.1. The van der Waals surface area contributed by atoms with Gasteiger partial charge in [-0.2, -0.15) is 0 Å². The van der Waals surface area contributed by atoms with Crippen molar-refractivity contribution in [2.24, 2.45) is 0 Å². The Hall–Kier alpha value is -1.78. The lowest BCUT2D eigenvalue weighted by atomic mass is 9.84. The lowest BCUT2D eigenvalue weighted by Crippen LogP contribution is -2.33. The summed E-state index contributed by atoms with van der Waals surface area (Å²) in [7, 11) is -2.43. The van der Waals surface area contributed by atoms with Crippen LogP contribution in [0.3, 0.4) is 0 Å². The van der Waals surface area contributed by atoms with E-state index in [1.165, 1.54) is 26.4 Å². The Balaban J connectivity index is 1.86. The summed E-state index contributed by atoms with van der Waals surface area (Å²) in [6.07, 6.45) is 5.20. The molecule has 2 heterocycles. The third kappa shape index (κ3) is 4.13. The number of rotatable bonds is 8. The van der Waals surface area contributed by atoms with E-state index in [1.54, 1.807) is 0 Å². The van der Waals surface area contributed by atoms with Gasteiger partial charge in [0.2, 0.25) is 16.0 Å². The second-order valence-corrected chi connectivity index (χ2v) is 9.72. The molecule has 1 aliphatic carbocycles. The van der Waals surface area contributed by atoms with Crippen LogP contribution in [0.25, 0.3) is 0 Å². The highest BCUT2D eigenvalue weighted by atomic mass is 35.5. The van der Waals surface area contributed by atoms with Crippen LogP contribution in [0, 0.1) is 0 Å². The fourth-order valence-electron chi connectivity index (χ4n) is 3.19. The molecule has 0 radical (unpaired) electrons. The highest BCUT2D eigenvalue weighted by Crippen LogP contribution is 2.37. The van der Waals surface area contributed by atoms with Gasteiger partial charge in [-0.15, -0.1) is 10.2 Å². The van der Waals surface area contributed by atoms with E-state index in [0.29, 0.717) is 10.9 Å². The van der Waals surface area contributed by atoms with Gasteiger partial charge in [0, 0.05) is 31.5 Å². The number of aromatic nitrogens is 5. The van der Waals surface area contributed by atoms with Crippen LogP contribution in [0.2, 0.25) is 5.02 Å². The minimum absolute atomic E-state index is 0.0245. The standard InChI is InChI=1S/C17H25ClN6O3S/c1-10(2)24-16(12-6-5-7-12)21-22-17(24)23-28(25,26)11(3)14(27-4)15-19-8-13(18)9-20-15/h8-12,14H,5-7H2,1-4H3,(H,22,23). The average molecular weight is 429 g/mol. The van der Waals surface area contributed by atoms with E-state index in [9.17, 15) is 8.42 Å². The molecule has 0 spiro atoms. The predicted octanol–water partition coefficient (Wildman–Crippen LogP) is 3.09. The van der Waals surface area contributed by atoms with E-state index in [1.807, 2.05) is 18.4 Å². The molecule has 3 rings (SSSR count). The van der Waals surface area contributed by atoms with Gasteiger partial charge in [0.05, 0.1) is 5.02 Å². The smallest absolute Gasteiger partial charge is 0.240 e. The van der Waals surface area contributed by atoms with Gasteiger partial charge in [-0.05, 0) is 33.6 Å². The summed E-state index contributed by atoms with van der Waals surface area (Å²) in [6, 6.07) is 0.0245. The van der Waals surface area contributed by atoms with Crippen LogP contribution < -0.4 is 4.72 Å². The molecule has 1 N–H and O–H groups in total. The van der Waals surface area contributed by atoms with Crippen molar-refractivity contribution in [2.45, 2.75) is 63.3 Å². The third-order valence-corrected chi connectivity index (χ3v) is 6.90. The van der Waals surface area contributed by atoms with E-state index in [0.717, 1.165) is 25.1 Å². The molecule has 2 aromatic heterocycles. The molecule has 9 nitrogen and oxygen atoms in total. The molecule has 2 atom stereocenters. The first-order chi connectivity index (χ1) is 13.2. The molecular weight excluding hydrogens is 404 g/mol. The molecule has 1 fully saturated rings. The summed E-state index contributed by atoms with van der Waals surface area (Å²) >= 11 is 5.81. The Morgan fingerprint density at radius 2 is 1.86 bits per heavy atom. The number of nitrogens with one attached hydrogen (secondary N) is 1. The minimum Gasteiger partial charge on any atom is -0.372 e. The number of hydrogen-bond acceptors (Lipinski definition) is 7. The number of hydrogen-bond donors (Lipinski definition) is 1. The van der Waals surface area contributed by atoms with Crippen LogP contribution in [0.4, 0.5) is 5.95 Å². The number of halogens is 1. The monoisotopic (exact) mass is 428 g/mol. The normalized spacial score (nSPS) is 17.4. The predicted molar refractivity (Wildman–Crippen MR) is 106 cm³/mol. The summed E-state index contributed by atoms with van der Waals surface area (Å²) in [5.41, 5.74) is 0. The van der Waals surface area contributed by atoms with E-state index in [2.05, 4.69) is 24.9 Å². The molecule has 1 aliphatic rings. The van der Waals surface area contributed by atoms with Gasteiger partial charge in [0.15, 0.2) is 5.82 Å². The van der Waals surface area contributed by atoms with Gasteiger partial charge >= 0.3 is 0 Å². The molecular formula is C17H25ClN6O3S. The maximum absolute atomic E-state index is 13.0. The quantitative estimate of drug-likeness (QED) is 0.687. The second-order valence-electron chi connectivity index (χ2n) is 7.24. The van der Waals surface area contributed by atoms with Crippen molar-refractivity contribution >= 4 is 27.6 Å². The topological polar surface area (TPSA) is 112 Å². The molecule has 28 heavy (non-hydrogen) atoms. The van der Waals surface area contributed by atoms with Crippen molar-refractivity contribution in [3.8, 4) is 0 Å². The molecule has 154 valence electrons. The molecule has 2 aromatic rings. The summed E-state index contributed by atoms with van der Waals surface area (Å²) in [6.45, 7) is 5.50. The minimum atomic E-state index is -3.85. The van der Waals surface area contributed by atoms with Gasteiger partial charge in [0.1, 0.15) is 17.2 Å². The van der Waals surface area contributed by atoms with Crippen LogP contribution in [-0.4, -0.2) is 45.5 Å². The molecule has 11 heteroatoms. The number of nitrogens with zero attached hydrogens (tertiary/aromatic N) is 5. The van der Waals surface area contributed by atoms with Gasteiger partial charge in [0.25, 0.3) is 0 Å². The third-order valence-electron chi connectivity index (χ3n) is 5.01. The van der Waals surface area contributed by atoms with Gasteiger partial charge in [-0.1, -0.05) is 18.0 Å². The Morgan fingerprint density at radius 3 is 2.36 bits per heavy atom. The van der Waals surface area contributed by atoms with Crippen LogP contribution >= 0.6 is 11.6 Å². The van der Waals surface area contributed by atoms with Crippen molar-refractivity contribution in [1.82, 2.24) is 24.7 Å². The first kappa shape index (κ1) is 20.9. The van der Waals surface area contributed by atoms with E-state index in [4.69, 9.17) is 16.3 Å². The summed E-state index contributed by atoms with van der Waals surface area (Å²) in [5, 5.41) is 7.75. The molecule has 0 aliphatic heterocycles. The van der Waals surface area contributed by atoms with Crippen LogP contribution in [-0.2, 0) is 14.8 Å². The molecule has 2 unspecified atom stereocenters. The fourth-order valence-corrected chi connectivity index (χ4v) is 4.42. The Kier molecular flexibility index (Phi) is 6.21. The highest BCUT2D eigenvalue weighted by Gasteiger charge is 2.35. The second kappa shape index (κ2) is 8.30. The summed E-state index contributed by atoms with van der Waals surface area (Å²) < 4.78 is 35.9. The number of ether oxygens (including phenoxy) is 1. The largest absolute Gasteiger partial charge is 0.372 e. The average Bonchev–Trinajstić information content (AvgIpc) is 2.98. The number of sulfonamides is 1. The maximum Gasteiger partial charge on any atom is 0.240 e. The summed E-state index contributed by atoms with van der Waals surface area (Å²) in [5.74, 6) is 1.62. The molecule has 0 amide bonds. The van der Waals surface area contributed by atoms with Gasteiger partial charge in [-0.25, -0.2) is 18.4 Å². The zero-order valence-electron chi connectivity index (χ0n) is 16.3. The molecule has 0 bridgehead atoms. The SMILES string of the molecule is COC(c1ncc(Cl)cn1)C(C)S(=O)(=O)Nc1nnc(C2CCC2)n1C(C)C. The number of methoxy groups -OCH3 is 1. The molecule has 1 saturated carbocycles. The van der Waals surface area contributed by atoms with Crippen molar-refractivity contribution in [3.63, 3.8) is 0 Å². The zero-order valence-corrected chi connectivity index (χ0v) is 17.9. The lowest BCUT2D eigenvalue weighted by Gasteiger charge is -2.27. The molecule has 0 aromatic carbocycles. The highest BCUT2D eigenvalue weighted by molar-refractivity contribution is 7.93. The number of anilines is 1.